The Morgan fingerprint density at radius 3 is 2.00 bits per heavy atom. The molecule has 0 radical (unpaired) electrons. The van der Waals surface area contributed by atoms with E-state index in [0.29, 0.717) is 0 Å². The molecule has 6 heteroatoms. The van der Waals surface area contributed by atoms with Crippen molar-refractivity contribution in [1.82, 2.24) is 0 Å². The fourth-order valence-electron chi connectivity index (χ4n) is 1.57. The maximum atomic E-state index is 13.4. The summed E-state index contributed by atoms with van der Waals surface area (Å²) in [6.07, 6.45) is 0.782. The van der Waals surface area contributed by atoms with Gasteiger partial charge in [0.15, 0.2) is 0 Å². The maximum absolute atomic E-state index is 13.4. The molecule has 1 aliphatic rings. The van der Waals surface area contributed by atoms with Gasteiger partial charge in [0.25, 0.3) is 5.79 Å². The highest BCUT2D eigenvalue weighted by Crippen LogP contribution is 2.25. The summed E-state index contributed by atoms with van der Waals surface area (Å²) in [6, 6.07) is 3.20. The maximum Gasteiger partial charge on any atom is 0.348 e. The number of rotatable bonds is 1. The fourth-order valence-corrected chi connectivity index (χ4v) is 1.57. The second-order valence-corrected chi connectivity index (χ2v) is 4.37. The fraction of sp³-hybridized carbons (Fsp3) is 0.231. The van der Waals surface area contributed by atoms with Crippen molar-refractivity contribution >= 4 is 18.0 Å². The van der Waals surface area contributed by atoms with Gasteiger partial charge in [0.05, 0.1) is 0 Å². The summed E-state index contributed by atoms with van der Waals surface area (Å²) in [4.78, 5) is 23.2. The highest BCUT2D eigenvalue weighted by Gasteiger charge is 2.39. The molecule has 0 aliphatic carbocycles. The molecule has 4 nitrogen and oxygen atoms in total. The molecule has 0 atom stereocenters. The molecular formula is C13H10F2O4. The molecule has 1 aromatic carbocycles. The third-order valence-corrected chi connectivity index (χ3v) is 2.41. The predicted molar refractivity (Wildman–Crippen MR) is 60.6 cm³/mol. The lowest BCUT2D eigenvalue weighted by Crippen LogP contribution is -2.41. The van der Waals surface area contributed by atoms with Gasteiger partial charge in [-0.05, 0) is 18.2 Å². The highest BCUT2D eigenvalue weighted by molar-refractivity contribution is 6.18. The first-order chi connectivity index (χ1) is 8.80. The monoisotopic (exact) mass is 268 g/mol. The van der Waals surface area contributed by atoms with E-state index in [9.17, 15) is 18.4 Å². The molecule has 1 aromatic rings. The third-order valence-electron chi connectivity index (χ3n) is 2.41. The van der Waals surface area contributed by atoms with Gasteiger partial charge in [-0.2, -0.15) is 0 Å². The van der Waals surface area contributed by atoms with Crippen LogP contribution in [0.5, 0.6) is 0 Å². The molecule has 1 saturated heterocycles. The quantitative estimate of drug-likeness (QED) is 0.445. The summed E-state index contributed by atoms with van der Waals surface area (Å²) in [7, 11) is 0. The Morgan fingerprint density at radius 1 is 1.05 bits per heavy atom. The highest BCUT2D eigenvalue weighted by atomic mass is 19.1. The van der Waals surface area contributed by atoms with Crippen molar-refractivity contribution in [3.8, 4) is 0 Å². The molecule has 0 spiro atoms. The van der Waals surface area contributed by atoms with Crippen LogP contribution in [0.3, 0.4) is 0 Å². The Labute approximate surface area is 107 Å². The molecule has 1 aliphatic heterocycles. The molecule has 0 aromatic heterocycles. The van der Waals surface area contributed by atoms with E-state index in [1.165, 1.54) is 19.9 Å². The minimum atomic E-state index is -1.39. The molecule has 1 fully saturated rings. The van der Waals surface area contributed by atoms with E-state index in [0.717, 1.165) is 18.2 Å². The van der Waals surface area contributed by atoms with Crippen molar-refractivity contribution in [3.05, 3.63) is 41.0 Å². The van der Waals surface area contributed by atoms with Gasteiger partial charge >= 0.3 is 11.9 Å². The summed E-state index contributed by atoms with van der Waals surface area (Å²) in [5.74, 6) is -5.14. The van der Waals surface area contributed by atoms with Crippen LogP contribution in [-0.2, 0) is 19.1 Å². The van der Waals surface area contributed by atoms with Crippen LogP contribution in [0.25, 0.3) is 6.08 Å². The minimum Gasteiger partial charge on any atom is -0.419 e. The summed E-state index contributed by atoms with van der Waals surface area (Å²) in [6.45, 7) is 2.76. The number of benzene rings is 1. The molecule has 100 valence electrons. The Bertz CT molecular complexity index is 548. The van der Waals surface area contributed by atoms with Gasteiger partial charge in [-0.1, -0.05) is 6.07 Å². The van der Waals surface area contributed by atoms with E-state index in [2.05, 4.69) is 0 Å². The molecule has 19 heavy (non-hydrogen) atoms. The van der Waals surface area contributed by atoms with E-state index in [-0.39, 0.29) is 0 Å². The second kappa shape index (κ2) is 4.46. The molecule has 1 heterocycles. The summed E-state index contributed by atoms with van der Waals surface area (Å²) >= 11 is 0. The molecule has 0 amide bonds. The van der Waals surface area contributed by atoms with Crippen molar-refractivity contribution in [2.75, 3.05) is 0 Å². The number of cyclic esters (lactones) is 2. The van der Waals surface area contributed by atoms with E-state index in [1.807, 2.05) is 0 Å². The van der Waals surface area contributed by atoms with Crippen LogP contribution < -0.4 is 0 Å². The van der Waals surface area contributed by atoms with E-state index < -0.39 is 40.5 Å². The first-order valence-electron chi connectivity index (χ1n) is 5.42. The standard InChI is InChI=1S/C13H10F2O4/c1-13(2)18-11(16)8(12(17)19-13)6-7-9(14)4-3-5-10(7)15/h3-6H,1-2H3. The molecule has 0 unspecified atom stereocenters. The van der Waals surface area contributed by atoms with Crippen molar-refractivity contribution in [1.29, 1.82) is 0 Å². The normalized spacial score (nSPS) is 17.8. The lowest BCUT2D eigenvalue weighted by Gasteiger charge is -2.29. The van der Waals surface area contributed by atoms with Crippen LogP contribution in [0.1, 0.15) is 19.4 Å². The summed E-state index contributed by atoms with van der Waals surface area (Å²) in [5.41, 5.74) is -1.05. The number of halogens is 2. The average molecular weight is 268 g/mol. The Kier molecular flexibility index (Phi) is 3.09. The topological polar surface area (TPSA) is 52.6 Å². The summed E-state index contributed by atoms with van der Waals surface area (Å²) < 4.78 is 36.5. The SMILES string of the molecule is CC1(C)OC(=O)C(=Cc2c(F)cccc2F)C(=O)O1. The average Bonchev–Trinajstić information content (AvgIpc) is 2.25. The van der Waals surface area contributed by atoms with Gasteiger partial charge in [0.2, 0.25) is 0 Å². The second-order valence-electron chi connectivity index (χ2n) is 4.37. The van der Waals surface area contributed by atoms with Crippen LogP contribution >= 0.6 is 0 Å². The Morgan fingerprint density at radius 2 is 1.53 bits per heavy atom. The van der Waals surface area contributed by atoms with Gasteiger partial charge in [0.1, 0.15) is 17.2 Å². The van der Waals surface area contributed by atoms with E-state index in [4.69, 9.17) is 9.47 Å². The Hall–Kier alpha value is -2.24. The molecule has 2 rings (SSSR count). The molecular weight excluding hydrogens is 258 g/mol. The lowest BCUT2D eigenvalue weighted by atomic mass is 10.1. The van der Waals surface area contributed by atoms with E-state index >= 15 is 0 Å². The molecule has 0 saturated carbocycles. The third kappa shape index (κ3) is 2.62. The Balaban J connectivity index is 2.44. The van der Waals surface area contributed by atoms with E-state index in [1.54, 1.807) is 0 Å². The van der Waals surface area contributed by atoms with Crippen LogP contribution in [-0.4, -0.2) is 17.7 Å². The van der Waals surface area contributed by atoms with Gasteiger partial charge in [0, 0.05) is 19.4 Å². The van der Waals surface area contributed by atoms with Gasteiger partial charge in [-0.15, -0.1) is 0 Å². The molecule has 0 N–H and O–H groups in total. The predicted octanol–water partition coefficient (Wildman–Crippen LogP) is 2.18. The first kappa shape index (κ1) is 13.2. The zero-order chi connectivity index (χ0) is 14.2. The number of esters is 2. The minimum absolute atomic E-state index is 0.494. The van der Waals surface area contributed by atoms with Crippen molar-refractivity contribution < 1.29 is 27.8 Å². The number of carbonyl (C=O) groups is 2. The van der Waals surface area contributed by atoms with Crippen LogP contribution in [0.4, 0.5) is 8.78 Å². The van der Waals surface area contributed by atoms with Crippen LogP contribution in [0.15, 0.2) is 23.8 Å². The van der Waals surface area contributed by atoms with Gasteiger partial charge in [-0.3, -0.25) is 0 Å². The first-order valence-corrected chi connectivity index (χ1v) is 5.42. The number of ether oxygens (including phenoxy) is 2. The van der Waals surface area contributed by atoms with Crippen molar-refractivity contribution in [2.45, 2.75) is 19.6 Å². The van der Waals surface area contributed by atoms with Crippen LogP contribution in [0.2, 0.25) is 0 Å². The lowest BCUT2D eigenvalue weighted by molar-refractivity contribution is -0.222. The smallest absolute Gasteiger partial charge is 0.348 e. The van der Waals surface area contributed by atoms with Crippen molar-refractivity contribution in [2.24, 2.45) is 0 Å². The number of carbonyl (C=O) groups excluding carboxylic acids is 2. The largest absolute Gasteiger partial charge is 0.419 e. The summed E-state index contributed by atoms with van der Waals surface area (Å²) in [5, 5.41) is 0. The van der Waals surface area contributed by atoms with Gasteiger partial charge < -0.3 is 9.47 Å². The zero-order valence-corrected chi connectivity index (χ0v) is 10.2. The number of hydrogen-bond acceptors (Lipinski definition) is 4. The van der Waals surface area contributed by atoms with Crippen LogP contribution in [0, 0.1) is 11.6 Å². The van der Waals surface area contributed by atoms with Gasteiger partial charge in [-0.25, -0.2) is 18.4 Å². The zero-order valence-electron chi connectivity index (χ0n) is 10.2. The number of hydrogen-bond donors (Lipinski definition) is 0. The molecule has 0 bridgehead atoms. The van der Waals surface area contributed by atoms with Crippen molar-refractivity contribution in [3.63, 3.8) is 0 Å².